The van der Waals surface area contributed by atoms with E-state index in [4.69, 9.17) is 13.7 Å². The number of benzene rings is 1. The Hall–Kier alpha value is -1.25. The first-order valence-corrected chi connectivity index (χ1v) is 13.1. The standard InChI is InChI=1S/C20H25O6S2/c21-18(25-19-13-10-16-17(11-13)28(22,23)26-20(16)19)12-24-14-4-6-15(7-5-14)27-8-2-1-3-9-27/h4-7,13,16-17,19-20H,1-3,8-12H2/q+1. The Morgan fingerprint density at radius 1 is 1.11 bits per heavy atom. The van der Waals surface area contributed by atoms with Crippen molar-refractivity contribution < 1.29 is 26.9 Å². The van der Waals surface area contributed by atoms with Crippen LogP contribution in [0, 0.1) is 11.8 Å². The molecule has 2 saturated heterocycles. The lowest BCUT2D eigenvalue weighted by atomic mass is 9.94. The Bertz CT molecular complexity index is 846. The van der Waals surface area contributed by atoms with Gasteiger partial charge in [-0.15, -0.1) is 0 Å². The van der Waals surface area contributed by atoms with E-state index in [1.54, 1.807) is 0 Å². The van der Waals surface area contributed by atoms with E-state index in [1.165, 1.54) is 35.7 Å². The zero-order valence-electron chi connectivity index (χ0n) is 15.6. The van der Waals surface area contributed by atoms with Crippen LogP contribution in [-0.2, 0) is 34.7 Å². The van der Waals surface area contributed by atoms with Gasteiger partial charge in [0.05, 0.1) is 5.25 Å². The fraction of sp³-hybridized carbons (Fsp3) is 0.650. The molecule has 0 spiro atoms. The minimum Gasteiger partial charge on any atom is -0.482 e. The molecule has 2 aliphatic heterocycles. The molecule has 2 heterocycles. The predicted octanol–water partition coefficient (Wildman–Crippen LogP) is 2.28. The Labute approximate surface area is 168 Å². The Morgan fingerprint density at radius 2 is 1.86 bits per heavy atom. The molecule has 28 heavy (non-hydrogen) atoms. The van der Waals surface area contributed by atoms with E-state index in [9.17, 15) is 13.2 Å². The summed E-state index contributed by atoms with van der Waals surface area (Å²) >= 11 is 0. The quantitative estimate of drug-likeness (QED) is 0.409. The number of carbonyl (C=O) groups excluding carboxylic acids is 1. The number of hydrogen-bond acceptors (Lipinski definition) is 6. The summed E-state index contributed by atoms with van der Waals surface area (Å²) in [5, 5.41) is -0.405. The van der Waals surface area contributed by atoms with Gasteiger partial charge in [-0.3, -0.25) is 4.18 Å². The molecule has 4 aliphatic rings. The number of ether oxygens (including phenoxy) is 2. The van der Waals surface area contributed by atoms with Crippen molar-refractivity contribution in [1.29, 1.82) is 0 Å². The molecule has 2 bridgehead atoms. The summed E-state index contributed by atoms with van der Waals surface area (Å²) in [5.41, 5.74) is 0. The summed E-state index contributed by atoms with van der Waals surface area (Å²) in [6.45, 7) is -0.179. The molecule has 0 N–H and O–H groups in total. The van der Waals surface area contributed by atoms with Gasteiger partial charge in [0.1, 0.15) is 29.5 Å². The van der Waals surface area contributed by atoms with E-state index in [0.717, 1.165) is 6.42 Å². The number of carbonyl (C=O) groups is 1. The van der Waals surface area contributed by atoms with Crippen molar-refractivity contribution >= 4 is 27.0 Å². The number of hydrogen-bond donors (Lipinski definition) is 0. The summed E-state index contributed by atoms with van der Waals surface area (Å²) in [4.78, 5) is 13.6. The van der Waals surface area contributed by atoms with Crippen molar-refractivity contribution in [2.24, 2.45) is 11.8 Å². The summed E-state index contributed by atoms with van der Waals surface area (Å²) in [6.07, 6.45) is 4.28. The van der Waals surface area contributed by atoms with Crippen molar-refractivity contribution in [3.8, 4) is 5.75 Å². The lowest BCUT2D eigenvalue weighted by Crippen LogP contribution is -2.38. The van der Waals surface area contributed by atoms with Gasteiger partial charge in [0, 0.05) is 22.7 Å². The SMILES string of the molecule is O=C(COc1ccc([S+]2CCCCC2)cc1)OC1C2CC3C1OS(=O)(=O)C3C2. The highest BCUT2D eigenvalue weighted by molar-refractivity contribution is 7.96. The first kappa shape index (κ1) is 18.8. The first-order valence-electron chi connectivity index (χ1n) is 10.0. The summed E-state index contributed by atoms with van der Waals surface area (Å²) < 4.78 is 40.3. The van der Waals surface area contributed by atoms with Crippen LogP contribution in [0.4, 0.5) is 0 Å². The predicted molar refractivity (Wildman–Crippen MR) is 105 cm³/mol. The van der Waals surface area contributed by atoms with Gasteiger partial charge in [0.15, 0.2) is 11.5 Å². The molecule has 2 saturated carbocycles. The molecule has 0 aromatic heterocycles. The van der Waals surface area contributed by atoms with Gasteiger partial charge in [0.2, 0.25) is 0 Å². The monoisotopic (exact) mass is 425 g/mol. The van der Waals surface area contributed by atoms with E-state index in [1.807, 2.05) is 12.1 Å². The maximum Gasteiger partial charge on any atom is 0.344 e. The van der Waals surface area contributed by atoms with E-state index in [0.29, 0.717) is 23.1 Å². The summed E-state index contributed by atoms with van der Waals surface area (Å²) in [6, 6.07) is 8.03. The van der Waals surface area contributed by atoms with Gasteiger partial charge < -0.3 is 9.47 Å². The molecule has 6 nitrogen and oxygen atoms in total. The van der Waals surface area contributed by atoms with Gasteiger partial charge in [-0.2, -0.15) is 8.42 Å². The van der Waals surface area contributed by atoms with Gasteiger partial charge in [-0.25, -0.2) is 4.79 Å². The van der Waals surface area contributed by atoms with Crippen molar-refractivity contribution in [2.75, 3.05) is 18.1 Å². The number of fused-ring (bicyclic) bond motifs is 1. The van der Waals surface area contributed by atoms with Crippen LogP contribution in [0.5, 0.6) is 5.75 Å². The highest BCUT2D eigenvalue weighted by Crippen LogP contribution is 2.55. The molecule has 5 atom stereocenters. The molecule has 152 valence electrons. The molecular weight excluding hydrogens is 400 g/mol. The van der Waals surface area contributed by atoms with Gasteiger partial charge in [-0.1, -0.05) is 0 Å². The van der Waals surface area contributed by atoms with Crippen LogP contribution in [0.25, 0.3) is 0 Å². The van der Waals surface area contributed by atoms with E-state index >= 15 is 0 Å². The third-order valence-corrected chi connectivity index (χ3v) is 10.8. The molecule has 8 heteroatoms. The lowest BCUT2D eigenvalue weighted by molar-refractivity contribution is -0.158. The van der Waals surface area contributed by atoms with Gasteiger partial charge in [0.25, 0.3) is 10.1 Å². The first-order chi connectivity index (χ1) is 13.5. The molecule has 2 aliphatic carbocycles. The van der Waals surface area contributed by atoms with Crippen LogP contribution in [0.2, 0.25) is 0 Å². The molecule has 5 unspecified atom stereocenters. The third kappa shape index (κ3) is 3.33. The molecule has 4 fully saturated rings. The average molecular weight is 426 g/mol. The topological polar surface area (TPSA) is 78.9 Å². The largest absolute Gasteiger partial charge is 0.482 e. The maximum absolute atomic E-state index is 12.2. The van der Waals surface area contributed by atoms with Crippen LogP contribution < -0.4 is 4.74 Å². The third-order valence-electron chi connectivity index (χ3n) is 6.48. The van der Waals surface area contributed by atoms with Gasteiger partial charge >= 0.3 is 5.97 Å². The second kappa shape index (κ2) is 7.22. The second-order valence-electron chi connectivity index (χ2n) is 8.16. The fourth-order valence-electron chi connectivity index (χ4n) is 5.17. The molecular formula is C20H25O6S2+. The zero-order chi connectivity index (χ0) is 19.3. The van der Waals surface area contributed by atoms with E-state index < -0.39 is 33.5 Å². The zero-order valence-corrected chi connectivity index (χ0v) is 17.3. The van der Waals surface area contributed by atoms with E-state index in [-0.39, 0.29) is 18.4 Å². The molecule has 1 aromatic rings. The van der Waals surface area contributed by atoms with E-state index in [2.05, 4.69) is 12.1 Å². The van der Waals surface area contributed by atoms with Crippen molar-refractivity contribution in [3.63, 3.8) is 0 Å². The van der Waals surface area contributed by atoms with Gasteiger partial charge in [-0.05, 0) is 56.4 Å². The van der Waals surface area contributed by atoms with Crippen LogP contribution in [0.3, 0.4) is 0 Å². The Morgan fingerprint density at radius 3 is 2.61 bits per heavy atom. The van der Waals surface area contributed by atoms with Crippen molar-refractivity contribution in [1.82, 2.24) is 0 Å². The minimum atomic E-state index is -3.49. The summed E-state index contributed by atoms with van der Waals surface area (Å²) in [5.74, 6) is 2.78. The Kier molecular flexibility index (Phi) is 4.83. The average Bonchev–Trinajstić information content (AvgIpc) is 3.32. The Balaban J connectivity index is 1.14. The molecule has 0 radical (unpaired) electrons. The highest BCUT2D eigenvalue weighted by Gasteiger charge is 2.65. The minimum absolute atomic E-state index is 0.0260. The lowest BCUT2D eigenvalue weighted by Gasteiger charge is -2.24. The van der Waals surface area contributed by atoms with Crippen LogP contribution in [0.15, 0.2) is 29.2 Å². The van der Waals surface area contributed by atoms with Crippen molar-refractivity contribution in [3.05, 3.63) is 24.3 Å². The molecule has 5 rings (SSSR count). The number of esters is 1. The normalized spacial score (nSPS) is 35.8. The highest BCUT2D eigenvalue weighted by atomic mass is 32.2. The van der Waals surface area contributed by atoms with Crippen LogP contribution in [-0.4, -0.2) is 50.0 Å². The second-order valence-corrected chi connectivity index (χ2v) is 12.2. The number of rotatable bonds is 5. The van der Waals surface area contributed by atoms with Crippen LogP contribution in [0.1, 0.15) is 32.1 Å². The molecule has 1 aromatic carbocycles. The maximum atomic E-state index is 12.2. The summed E-state index contributed by atoms with van der Waals surface area (Å²) in [7, 11) is -3.14. The molecule has 0 amide bonds. The van der Waals surface area contributed by atoms with Crippen LogP contribution >= 0.6 is 0 Å². The smallest absolute Gasteiger partial charge is 0.344 e. The fourth-order valence-corrected chi connectivity index (χ4v) is 9.35. The van der Waals surface area contributed by atoms with Crippen molar-refractivity contribution in [2.45, 2.75) is 54.5 Å².